The fraction of sp³-hybridized carbons (Fsp3) is 0.143. The number of benzene rings is 1. The highest BCUT2D eigenvalue weighted by Crippen LogP contribution is 2.22. The number of nitrogens with one attached hydrogen (secondary N) is 2. The first-order chi connectivity index (χ1) is 14.1. The van der Waals surface area contributed by atoms with E-state index in [9.17, 15) is 4.79 Å². The highest BCUT2D eigenvalue weighted by molar-refractivity contribution is 6.11. The molecular formula is C21H19N7O. The Bertz CT molecular complexity index is 1110. The van der Waals surface area contributed by atoms with Crippen LogP contribution in [0.1, 0.15) is 19.2 Å². The van der Waals surface area contributed by atoms with Crippen molar-refractivity contribution in [3.8, 4) is 11.5 Å². The lowest BCUT2D eigenvalue weighted by Crippen LogP contribution is -2.19. The molecule has 29 heavy (non-hydrogen) atoms. The lowest BCUT2D eigenvalue weighted by atomic mass is 10.1. The minimum absolute atomic E-state index is 0.188. The van der Waals surface area contributed by atoms with Gasteiger partial charge in [0.15, 0.2) is 5.82 Å². The molecule has 0 saturated carbocycles. The van der Waals surface area contributed by atoms with E-state index in [4.69, 9.17) is 0 Å². The van der Waals surface area contributed by atoms with Crippen molar-refractivity contribution in [1.29, 1.82) is 0 Å². The van der Waals surface area contributed by atoms with E-state index >= 15 is 0 Å². The molecule has 0 bridgehead atoms. The van der Waals surface area contributed by atoms with Crippen molar-refractivity contribution < 1.29 is 4.79 Å². The molecule has 0 atom stereocenters. The van der Waals surface area contributed by atoms with Crippen LogP contribution in [0, 0.1) is 6.92 Å². The van der Waals surface area contributed by atoms with E-state index in [2.05, 4.69) is 35.6 Å². The summed E-state index contributed by atoms with van der Waals surface area (Å²) in [5.41, 5.74) is 2.77. The number of anilines is 2. The summed E-state index contributed by atoms with van der Waals surface area (Å²) >= 11 is 0. The third-order valence-electron chi connectivity index (χ3n) is 4.29. The molecule has 0 radical (unpaired) electrons. The zero-order valence-electron chi connectivity index (χ0n) is 16.0. The second kappa shape index (κ2) is 7.97. The number of carbonyl (C=O) groups is 1. The van der Waals surface area contributed by atoms with Gasteiger partial charge >= 0.3 is 0 Å². The SMILES string of the molecule is CC1=C(C(=O)Nc2nc(C)nc(-c3ccccn3)n2)CC(Nc2ccccc2)=N1. The minimum atomic E-state index is -0.284. The number of hydrogen-bond acceptors (Lipinski definition) is 7. The van der Waals surface area contributed by atoms with Gasteiger partial charge in [-0.15, -0.1) is 0 Å². The third kappa shape index (κ3) is 4.32. The quantitative estimate of drug-likeness (QED) is 0.713. The average molecular weight is 385 g/mol. The van der Waals surface area contributed by atoms with E-state index in [0.717, 1.165) is 11.5 Å². The van der Waals surface area contributed by atoms with Crippen LogP contribution in [0.3, 0.4) is 0 Å². The first-order valence-corrected chi connectivity index (χ1v) is 9.13. The molecule has 1 aromatic carbocycles. The number of hydrogen-bond donors (Lipinski definition) is 2. The predicted octanol–water partition coefficient (Wildman–Crippen LogP) is 3.37. The zero-order chi connectivity index (χ0) is 20.2. The fourth-order valence-corrected chi connectivity index (χ4v) is 2.93. The van der Waals surface area contributed by atoms with Crippen LogP contribution in [0.2, 0.25) is 0 Å². The lowest BCUT2D eigenvalue weighted by Gasteiger charge is -2.08. The summed E-state index contributed by atoms with van der Waals surface area (Å²) in [6.45, 7) is 3.56. The first-order valence-electron chi connectivity index (χ1n) is 9.13. The standard InChI is InChI=1S/C21H19N7O/c1-13-16(12-18(23-13)26-15-8-4-3-5-9-15)20(29)28-21-25-14(2)24-19(27-21)17-10-6-7-11-22-17/h3-11H,12H2,1-2H3,(H,23,26)(H,24,25,27,28,29). The van der Waals surface area contributed by atoms with Crippen molar-refractivity contribution in [2.24, 2.45) is 4.99 Å². The van der Waals surface area contributed by atoms with Gasteiger partial charge in [0.1, 0.15) is 17.4 Å². The largest absolute Gasteiger partial charge is 0.343 e. The number of pyridine rings is 1. The van der Waals surface area contributed by atoms with Gasteiger partial charge in [0, 0.05) is 29.6 Å². The molecule has 3 heterocycles. The van der Waals surface area contributed by atoms with E-state index in [-0.39, 0.29) is 11.9 Å². The number of amidine groups is 1. The summed E-state index contributed by atoms with van der Waals surface area (Å²) < 4.78 is 0. The Morgan fingerprint density at radius 3 is 2.52 bits per heavy atom. The van der Waals surface area contributed by atoms with Gasteiger partial charge < -0.3 is 5.32 Å². The fourth-order valence-electron chi connectivity index (χ4n) is 2.93. The molecule has 2 aromatic heterocycles. The van der Waals surface area contributed by atoms with Gasteiger partial charge in [0.25, 0.3) is 5.91 Å². The van der Waals surface area contributed by atoms with Crippen LogP contribution >= 0.6 is 0 Å². The number of carbonyl (C=O) groups excluding carboxylic acids is 1. The molecule has 0 unspecified atom stereocenters. The van der Waals surface area contributed by atoms with Crippen LogP contribution in [0.25, 0.3) is 11.5 Å². The number of aromatic nitrogens is 4. The average Bonchev–Trinajstić information content (AvgIpc) is 3.09. The second-order valence-corrected chi connectivity index (χ2v) is 6.49. The van der Waals surface area contributed by atoms with Gasteiger partial charge in [0.2, 0.25) is 5.95 Å². The van der Waals surface area contributed by atoms with Gasteiger partial charge in [-0.25, -0.2) is 9.98 Å². The van der Waals surface area contributed by atoms with Crippen LogP contribution in [-0.2, 0) is 4.79 Å². The molecule has 4 rings (SSSR count). The summed E-state index contributed by atoms with van der Waals surface area (Å²) in [5.74, 6) is 1.53. The maximum Gasteiger partial charge on any atom is 0.256 e. The van der Waals surface area contributed by atoms with E-state index in [0.29, 0.717) is 35.0 Å². The monoisotopic (exact) mass is 385 g/mol. The Balaban J connectivity index is 1.47. The van der Waals surface area contributed by atoms with Crippen molar-refractivity contribution in [3.63, 3.8) is 0 Å². The number of aliphatic imine (C=N–C) groups is 1. The van der Waals surface area contributed by atoms with Crippen molar-refractivity contribution in [2.75, 3.05) is 10.6 Å². The molecule has 8 heteroatoms. The second-order valence-electron chi connectivity index (χ2n) is 6.49. The minimum Gasteiger partial charge on any atom is -0.343 e. The summed E-state index contributed by atoms with van der Waals surface area (Å²) in [5, 5.41) is 6.00. The van der Waals surface area contributed by atoms with E-state index in [1.54, 1.807) is 19.2 Å². The third-order valence-corrected chi connectivity index (χ3v) is 4.29. The van der Waals surface area contributed by atoms with Crippen LogP contribution in [0.5, 0.6) is 0 Å². The van der Waals surface area contributed by atoms with Crippen molar-refractivity contribution >= 4 is 23.4 Å². The summed E-state index contributed by atoms with van der Waals surface area (Å²) in [6.07, 6.45) is 2.07. The molecule has 1 aliphatic heterocycles. The van der Waals surface area contributed by atoms with E-state index in [1.165, 1.54) is 0 Å². The number of allylic oxidation sites excluding steroid dienone is 1. The van der Waals surface area contributed by atoms with Crippen molar-refractivity contribution in [3.05, 3.63) is 71.8 Å². The Kier molecular flexibility index (Phi) is 5.07. The molecular weight excluding hydrogens is 366 g/mol. The molecule has 2 N–H and O–H groups in total. The van der Waals surface area contributed by atoms with Crippen molar-refractivity contribution in [1.82, 2.24) is 19.9 Å². The smallest absolute Gasteiger partial charge is 0.256 e. The lowest BCUT2D eigenvalue weighted by molar-refractivity contribution is -0.113. The van der Waals surface area contributed by atoms with E-state index in [1.807, 2.05) is 49.4 Å². The maximum absolute atomic E-state index is 12.8. The summed E-state index contributed by atoms with van der Waals surface area (Å²) in [6, 6.07) is 15.2. The highest BCUT2D eigenvalue weighted by atomic mass is 16.1. The summed E-state index contributed by atoms with van der Waals surface area (Å²) in [7, 11) is 0. The Labute approximate surface area is 167 Å². The molecule has 0 spiro atoms. The van der Waals surface area contributed by atoms with Gasteiger partial charge in [-0.3, -0.25) is 15.1 Å². The topological polar surface area (TPSA) is 105 Å². The normalized spacial score (nSPS) is 13.2. The number of para-hydroxylation sites is 1. The Hall–Kier alpha value is -3.94. The Morgan fingerprint density at radius 2 is 1.76 bits per heavy atom. The first kappa shape index (κ1) is 18.4. The molecule has 0 saturated heterocycles. The van der Waals surface area contributed by atoms with Crippen molar-refractivity contribution in [2.45, 2.75) is 20.3 Å². The molecule has 1 amide bonds. The zero-order valence-corrected chi connectivity index (χ0v) is 16.0. The highest BCUT2D eigenvalue weighted by Gasteiger charge is 2.22. The predicted molar refractivity (Wildman–Crippen MR) is 111 cm³/mol. The number of rotatable bonds is 4. The number of nitrogens with zero attached hydrogens (tertiary/aromatic N) is 5. The molecule has 0 fully saturated rings. The van der Waals surface area contributed by atoms with Gasteiger partial charge in [-0.2, -0.15) is 9.97 Å². The molecule has 144 valence electrons. The van der Waals surface area contributed by atoms with Crippen LogP contribution in [0.4, 0.5) is 11.6 Å². The number of amides is 1. The van der Waals surface area contributed by atoms with Gasteiger partial charge in [0.05, 0.1) is 0 Å². The molecule has 0 aliphatic carbocycles. The number of aryl methyl sites for hydroxylation is 1. The summed E-state index contributed by atoms with van der Waals surface area (Å²) in [4.78, 5) is 34.4. The van der Waals surface area contributed by atoms with Crippen LogP contribution in [-0.4, -0.2) is 31.7 Å². The van der Waals surface area contributed by atoms with Crippen LogP contribution < -0.4 is 10.6 Å². The maximum atomic E-state index is 12.8. The molecule has 3 aromatic rings. The van der Waals surface area contributed by atoms with Gasteiger partial charge in [-0.05, 0) is 38.1 Å². The van der Waals surface area contributed by atoms with E-state index < -0.39 is 0 Å². The molecule has 1 aliphatic rings. The Morgan fingerprint density at radius 1 is 0.966 bits per heavy atom. The van der Waals surface area contributed by atoms with Gasteiger partial charge in [-0.1, -0.05) is 24.3 Å². The van der Waals surface area contributed by atoms with Crippen LogP contribution in [0.15, 0.2) is 71.0 Å². The molecule has 8 nitrogen and oxygen atoms in total.